The van der Waals surface area contributed by atoms with Crippen molar-refractivity contribution in [1.82, 2.24) is 14.5 Å². The summed E-state index contributed by atoms with van der Waals surface area (Å²) in [5.41, 5.74) is 0.919. The number of carbonyl (C=O) groups excluding carboxylic acids is 1. The number of hydrogen-bond donors (Lipinski definition) is 1. The van der Waals surface area contributed by atoms with Crippen molar-refractivity contribution in [2.24, 2.45) is 0 Å². The van der Waals surface area contributed by atoms with Crippen molar-refractivity contribution in [3.05, 3.63) is 42.0 Å². The van der Waals surface area contributed by atoms with E-state index in [-0.39, 0.29) is 24.1 Å². The van der Waals surface area contributed by atoms with Gasteiger partial charge in [-0.3, -0.25) is 9.69 Å². The molecule has 0 aliphatic carbocycles. The van der Waals surface area contributed by atoms with Crippen LogP contribution in [0, 0.1) is 0 Å². The van der Waals surface area contributed by atoms with Crippen molar-refractivity contribution < 1.29 is 32.2 Å². The van der Waals surface area contributed by atoms with E-state index >= 15 is 0 Å². The highest BCUT2D eigenvalue weighted by Gasteiger charge is 2.30. The van der Waals surface area contributed by atoms with E-state index in [1.807, 2.05) is 23.1 Å². The van der Waals surface area contributed by atoms with Crippen LogP contribution in [0.3, 0.4) is 0 Å². The highest BCUT2D eigenvalue weighted by molar-refractivity contribution is 7.89. The van der Waals surface area contributed by atoms with Crippen LogP contribution in [-0.2, 0) is 21.4 Å². The predicted octanol–water partition coefficient (Wildman–Crippen LogP) is 0.809. The second-order valence-electron chi connectivity index (χ2n) is 7.95. The van der Waals surface area contributed by atoms with Gasteiger partial charge in [-0.1, -0.05) is 6.07 Å². The zero-order chi connectivity index (χ0) is 22.8. The van der Waals surface area contributed by atoms with Gasteiger partial charge >= 0.3 is 0 Å². The number of benzene rings is 2. The first kappa shape index (κ1) is 21.8. The van der Waals surface area contributed by atoms with E-state index in [9.17, 15) is 13.2 Å². The Bertz CT molecular complexity index is 1150. The van der Waals surface area contributed by atoms with Crippen LogP contribution in [0.2, 0.25) is 0 Å². The lowest BCUT2D eigenvalue weighted by atomic mass is 10.2. The summed E-state index contributed by atoms with van der Waals surface area (Å²) in [4.78, 5) is 14.5. The van der Waals surface area contributed by atoms with Crippen molar-refractivity contribution in [2.45, 2.75) is 11.4 Å². The average Bonchev–Trinajstić information content (AvgIpc) is 3.31. The van der Waals surface area contributed by atoms with Gasteiger partial charge in [0.05, 0.1) is 11.4 Å². The normalized spacial score (nSPS) is 18.2. The highest BCUT2D eigenvalue weighted by atomic mass is 32.2. The number of amides is 1. The van der Waals surface area contributed by atoms with Gasteiger partial charge in [-0.2, -0.15) is 4.31 Å². The van der Waals surface area contributed by atoms with Crippen molar-refractivity contribution in [3.63, 3.8) is 0 Å². The molecule has 33 heavy (non-hydrogen) atoms. The lowest BCUT2D eigenvalue weighted by Gasteiger charge is -2.33. The molecule has 11 heteroatoms. The summed E-state index contributed by atoms with van der Waals surface area (Å²) in [6.07, 6.45) is 0. The predicted molar refractivity (Wildman–Crippen MR) is 117 cm³/mol. The number of nitrogens with one attached hydrogen (secondary N) is 1. The Hall–Kier alpha value is -3.02. The minimum absolute atomic E-state index is 0.115. The number of sulfonamides is 1. The monoisotopic (exact) mass is 475 g/mol. The summed E-state index contributed by atoms with van der Waals surface area (Å²) in [6, 6.07) is 10.2. The van der Waals surface area contributed by atoms with Crippen LogP contribution in [-0.4, -0.2) is 76.3 Å². The van der Waals surface area contributed by atoms with Crippen LogP contribution in [0.1, 0.15) is 5.56 Å². The Labute approximate surface area is 192 Å². The lowest BCUT2D eigenvalue weighted by Crippen LogP contribution is -2.50. The molecule has 0 unspecified atom stereocenters. The summed E-state index contributed by atoms with van der Waals surface area (Å²) >= 11 is 0. The first-order valence-electron chi connectivity index (χ1n) is 10.8. The van der Waals surface area contributed by atoms with Gasteiger partial charge in [-0.05, 0) is 29.8 Å². The molecule has 176 valence electrons. The summed E-state index contributed by atoms with van der Waals surface area (Å²) in [7, 11) is -3.65. The minimum atomic E-state index is -3.65. The summed E-state index contributed by atoms with van der Waals surface area (Å²) < 4.78 is 49.2. The molecule has 2 aromatic carbocycles. The van der Waals surface area contributed by atoms with Gasteiger partial charge in [-0.25, -0.2) is 8.42 Å². The molecule has 3 heterocycles. The highest BCUT2D eigenvalue weighted by Crippen LogP contribution is 2.34. The Morgan fingerprint density at radius 3 is 2.33 bits per heavy atom. The molecule has 0 atom stereocenters. The van der Waals surface area contributed by atoms with E-state index in [0.717, 1.165) is 5.56 Å². The Morgan fingerprint density at radius 2 is 1.52 bits per heavy atom. The maximum absolute atomic E-state index is 13.1. The molecule has 3 aliphatic heterocycles. The molecular formula is C22H25N3O7S. The smallest absolute Gasteiger partial charge is 0.243 e. The maximum Gasteiger partial charge on any atom is 0.243 e. The van der Waals surface area contributed by atoms with Crippen molar-refractivity contribution in [1.29, 1.82) is 0 Å². The molecule has 0 saturated carbocycles. The SMILES string of the molecule is O=C(CN1CCN(S(=O)(=O)c2ccc3c(c2)OCCO3)CC1)NCc1ccc2c(c1)OCO2. The summed E-state index contributed by atoms with van der Waals surface area (Å²) in [6.45, 7) is 3.22. The van der Waals surface area contributed by atoms with Crippen LogP contribution >= 0.6 is 0 Å². The summed E-state index contributed by atoms with van der Waals surface area (Å²) in [5, 5.41) is 2.90. The fraction of sp³-hybridized carbons (Fsp3) is 0.409. The maximum atomic E-state index is 13.1. The van der Waals surface area contributed by atoms with Crippen molar-refractivity contribution in [2.75, 3.05) is 52.7 Å². The molecule has 1 fully saturated rings. The molecule has 1 amide bonds. The second kappa shape index (κ2) is 9.08. The quantitative estimate of drug-likeness (QED) is 0.654. The molecule has 3 aliphatic rings. The number of rotatable bonds is 6. The van der Waals surface area contributed by atoms with Gasteiger partial charge in [0.1, 0.15) is 13.2 Å². The first-order chi connectivity index (χ1) is 16.0. The molecule has 5 rings (SSSR count). The molecule has 0 aromatic heterocycles. The lowest BCUT2D eigenvalue weighted by molar-refractivity contribution is -0.122. The van der Waals surface area contributed by atoms with Crippen molar-refractivity contribution in [3.8, 4) is 23.0 Å². The number of ether oxygens (including phenoxy) is 4. The fourth-order valence-electron chi connectivity index (χ4n) is 3.97. The number of carbonyl (C=O) groups is 1. The molecule has 1 N–H and O–H groups in total. The molecule has 0 spiro atoms. The average molecular weight is 476 g/mol. The number of piperazine rings is 1. The molecule has 0 bridgehead atoms. The van der Waals surface area contributed by atoms with E-state index in [2.05, 4.69) is 5.32 Å². The number of fused-ring (bicyclic) bond motifs is 2. The molecular weight excluding hydrogens is 450 g/mol. The largest absolute Gasteiger partial charge is 0.486 e. The van der Waals surface area contributed by atoms with E-state index < -0.39 is 10.0 Å². The first-order valence-corrected chi connectivity index (χ1v) is 12.2. The number of nitrogens with zero attached hydrogens (tertiary/aromatic N) is 2. The number of hydrogen-bond acceptors (Lipinski definition) is 8. The van der Waals surface area contributed by atoms with Gasteiger partial charge in [-0.15, -0.1) is 0 Å². The second-order valence-corrected chi connectivity index (χ2v) is 9.89. The van der Waals surface area contributed by atoms with Crippen molar-refractivity contribution >= 4 is 15.9 Å². The van der Waals surface area contributed by atoms with Gasteiger partial charge in [0.25, 0.3) is 0 Å². The van der Waals surface area contributed by atoms with Crippen LogP contribution in [0.5, 0.6) is 23.0 Å². The molecule has 1 saturated heterocycles. The van der Waals surface area contributed by atoms with Gasteiger partial charge < -0.3 is 24.3 Å². The Balaban J connectivity index is 1.12. The summed E-state index contributed by atoms with van der Waals surface area (Å²) in [5.74, 6) is 2.26. The van der Waals surface area contributed by atoms with Crippen LogP contribution in [0.25, 0.3) is 0 Å². The third-order valence-corrected chi connectivity index (χ3v) is 7.67. The van der Waals surface area contributed by atoms with E-state index in [1.165, 1.54) is 10.4 Å². The topological polar surface area (TPSA) is 107 Å². The fourth-order valence-corrected chi connectivity index (χ4v) is 5.41. The molecule has 10 nitrogen and oxygen atoms in total. The zero-order valence-electron chi connectivity index (χ0n) is 18.0. The van der Waals surface area contributed by atoms with Crippen LogP contribution in [0.4, 0.5) is 0 Å². The third-order valence-electron chi connectivity index (χ3n) is 5.78. The van der Waals surface area contributed by atoms with Gasteiger partial charge in [0.2, 0.25) is 22.7 Å². The van der Waals surface area contributed by atoms with Crippen LogP contribution in [0.15, 0.2) is 41.3 Å². The Kier molecular flexibility index (Phi) is 6.00. The van der Waals surface area contributed by atoms with Crippen LogP contribution < -0.4 is 24.3 Å². The Morgan fingerprint density at radius 1 is 0.848 bits per heavy atom. The third kappa shape index (κ3) is 4.70. The minimum Gasteiger partial charge on any atom is -0.486 e. The molecule has 0 radical (unpaired) electrons. The molecule has 2 aromatic rings. The standard InChI is InChI=1S/C22H25N3O7S/c26-22(23-13-16-1-3-19-20(11-16)32-15-31-19)14-24-5-7-25(8-6-24)33(27,28)17-2-4-18-21(12-17)30-10-9-29-18/h1-4,11-12H,5-10,13-15H2,(H,23,26). The van der Waals surface area contributed by atoms with E-state index in [1.54, 1.807) is 12.1 Å². The van der Waals surface area contributed by atoms with E-state index in [4.69, 9.17) is 18.9 Å². The zero-order valence-corrected chi connectivity index (χ0v) is 18.8. The van der Waals surface area contributed by atoms with Gasteiger partial charge in [0.15, 0.2) is 23.0 Å². The van der Waals surface area contributed by atoms with Gasteiger partial charge in [0, 0.05) is 38.8 Å². The van der Waals surface area contributed by atoms with E-state index in [0.29, 0.717) is 68.9 Å².